The first-order valence-electron chi connectivity index (χ1n) is 6.15. The number of rotatable bonds is 5. The number of aryl methyl sites for hydroxylation is 1. The average Bonchev–Trinajstić information content (AvgIpc) is 2.84. The Morgan fingerprint density at radius 1 is 1.22 bits per heavy atom. The molecular weight excluding hydrogens is 358 g/mol. The number of thiophene rings is 1. The molecule has 0 aliphatic rings. The third kappa shape index (κ3) is 4.83. The van der Waals surface area contributed by atoms with Crippen molar-refractivity contribution in [3.8, 4) is 5.75 Å². The Hall–Kier alpha value is -1.81. The van der Waals surface area contributed by atoms with Crippen LogP contribution in [0.15, 0.2) is 34.5 Å². The van der Waals surface area contributed by atoms with Crippen LogP contribution >= 0.6 is 11.3 Å². The molecule has 1 N–H and O–H groups in total. The first-order valence-corrected chi connectivity index (χ1v) is 8.45. The maximum atomic E-state index is 13.3. The number of ether oxygens (including phenoxy) is 1. The van der Waals surface area contributed by atoms with Gasteiger partial charge < -0.3 is 4.74 Å². The molecule has 0 radical (unpaired) electrons. The Bertz CT molecular complexity index is 800. The van der Waals surface area contributed by atoms with E-state index in [1.165, 1.54) is 6.07 Å². The number of anilines is 1. The fourth-order valence-corrected chi connectivity index (χ4v) is 3.96. The predicted molar refractivity (Wildman–Crippen MR) is 77.8 cm³/mol. The molecule has 0 aliphatic heterocycles. The summed E-state index contributed by atoms with van der Waals surface area (Å²) in [6.45, 7) is 0.0786. The van der Waals surface area contributed by atoms with Crippen molar-refractivity contribution in [2.45, 2.75) is 17.3 Å². The molecule has 0 amide bonds. The van der Waals surface area contributed by atoms with Crippen LogP contribution in [0.1, 0.15) is 4.88 Å². The Balaban J connectivity index is 2.29. The van der Waals surface area contributed by atoms with Gasteiger partial charge >= 0.3 is 6.18 Å². The van der Waals surface area contributed by atoms with Crippen molar-refractivity contribution < 1.29 is 30.7 Å². The molecule has 1 aromatic carbocycles. The highest BCUT2D eigenvalue weighted by Crippen LogP contribution is 2.31. The Kier molecular flexibility index (Phi) is 4.85. The summed E-state index contributed by atoms with van der Waals surface area (Å²) in [6, 6.07) is 5.48. The number of alkyl halides is 3. The predicted octanol–water partition coefficient (Wildman–Crippen LogP) is 3.94. The van der Waals surface area contributed by atoms with Crippen molar-refractivity contribution in [3.63, 3.8) is 0 Å². The highest BCUT2D eigenvalue weighted by molar-refractivity contribution is 7.94. The van der Waals surface area contributed by atoms with E-state index in [1.54, 1.807) is 13.0 Å². The van der Waals surface area contributed by atoms with Gasteiger partial charge in [0, 0.05) is 10.9 Å². The first kappa shape index (κ1) is 17.5. The number of halogens is 4. The lowest BCUT2D eigenvalue weighted by Gasteiger charge is -2.14. The second kappa shape index (κ2) is 6.36. The van der Waals surface area contributed by atoms with Crippen LogP contribution in [0.5, 0.6) is 5.75 Å². The molecule has 0 saturated heterocycles. The maximum absolute atomic E-state index is 13.3. The van der Waals surface area contributed by atoms with Crippen LogP contribution in [0.4, 0.5) is 23.2 Å². The molecule has 0 atom stereocenters. The molecule has 2 rings (SSSR count). The third-order valence-electron chi connectivity index (χ3n) is 2.56. The SMILES string of the molecule is Cc1ccc(S(=O)(=O)Nc2cc(F)ccc2OCC(F)(F)F)s1. The number of hydrogen-bond acceptors (Lipinski definition) is 4. The summed E-state index contributed by atoms with van der Waals surface area (Å²) >= 11 is 0.977. The third-order valence-corrected chi connectivity index (χ3v) is 5.42. The molecule has 0 unspecified atom stereocenters. The number of benzene rings is 1. The second-order valence-corrected chi connectivity index (χ2v) is 7.71. The molecule has 4 nitrogen and oxygen atoms in total. The zero-order valence-electron chi connectivity index (χ0n) is 11.6. The molecule has 0 aliphatic carbocycles. The van der Waals surface area contributed by atoms with Crippen LogP contribution < -0.4 is 9.46 Å². The van der Waals surface area contributed by atoms with E-state index in [9.17, 15) is 26.0 Å². The highest BCUT2D eigenvalue weighted by atomic mass is 32.2. The van der Waals surface area contributed by atoms with Crippen LogP contribution in [-0.4, -0.2) is 21.2 Å². The second-order valence-electron chi connectivity index (χ2n) is 4.51. The van der Waals surface area contributed by atoms with E-state index < -0.39 is 40.1 Å². The summed E-state index contributed by atoms with van der Waals surface area (Å²) in [7, 11) is -4.04. The van der Waals surface area contributed by atoms with Crippen LogP contribution in [0.25, 0.3) is 0 Å². The van der Waals surface area contributed by atoms with Crippen molar-refractivity contribution in [1.82, 2.24) is 0 Å². The quantitative estimate of drug-likeness (QED) is 0.813. The molecule has 0 fully saturated rings. The van der Waals surface area contributed by atoms with Crippen molar-refractivity contribution in [2.24, 2.45) is 0 Å². The summed E-state index contributed by atoms with van der Waals surface area (Å²) in [5.74, 6) is -1.23. The van der Waals surface area contributed by atoms with E-state index in [1.807, 2.05) is 4.72 Å². The van der Waals surface area contributed by atoms with Gasteiger partial charge in [0.15, 0.2) is 6.61 Å². The van der Waals surface area contributed by atoms with Crippen LogP contribution in [0.2, 0.25) is 0 Å². The summed E-state index contributed by atoms with van der Waals surface area (Å²) in [6.07, 6.45) is -4.60. The number of sulfonamides is 1. The topological polar surface area (TPSA) is 55.4 Å². The number of hydrogen-bond donors (Lipinski definition) is 1. The van der Waals surface area contributed by atoms with Gasteiger partial charge in [-0.25, -0.2) is 12.8 Å². The van der Waals surface area contributed by atoms with Gasteiger partial charge in [-0.2, -0.15) is 13.2 Å². The Morgan fingerprint density at radius 2 is 1.91 bits per heavy atom. The molecular formula is C13H11F4NO3S2. The fraction of sp³-hybridized carbons (Fsp3) is 0.231. The van der Waals surface area contributed by atoms with Crippen molar-refractivity contribution in [3.05, 3.63) is 41.0 Å². The standard InChI is InChI=1S/C13H11F4NO3S2/c1-8-2-5-12(22-8)23(19,20)18-10-6-9(14)3-4-11(10)21-7-13(15,16)17/h2-6,18H,7H2,1H3. The van der Waals surface area contributed by atoms with Gasteiger partial charge in [-0.15, -0.1) is 11.3 Å². The van der Waals surface area contributed by atoms with Gasteiger partial charge in [-0.3, -0.25) is 4.72 Å². The Labute approximate surface area is 133 Å². The zero-order valence-corrected chi connectivity index (χ0v) is 13.3. The van der Waals surface area contributed by atoms with Crippen LogP contribution in [-0.2, 0) is 10.0 Å². The maximum Gasteiger partial charge on any atom is 0.422 e. The highest BCUT2D eigenvalue weighted by Gasteiger charge is 2.29. The van der Waals surface area contributed by atoms with Crippen molar-refractivity contribution in [2.75, 3.05) is 11.3 Å². The minimum Gasteiger partial charge on any atom is -0.482 e. The molecule has 1 heterocycles. The van der Waals surface area contributed by atoms with Crippen molar-refractivity contribution >= 4 is 27.0 Å². The Morgan fingerprint density at radius 3 is 2.48 bits per heavy atom. The lowest BCUT2D eigenvalue weighted by molar-refractivity contribution is -0.153. The van der Waals surface area contributed by atoms with Crippen LogP contribution in [0, 0.1) is 12.7 Å². The first-order chi connectivity index (χ1) is 10.6. The largest absolute Gasteiger partial charge is 0.482 e. The molecule has 0 spiro atoms. The normalized spacial score (nSPS) is 12.2. The van der Waals surface area contributed by atoms with Crippen molar-refractivity contribution in [1.29, 1.82) is 0 Å². The minimum atomic E-state index is -4.60. The monoisotopic (exact) mass is 369 g/mol. The lowest BCUT2D eigenvalue weighted by Crippen LogP contribution is -2.20. The molecule has 0 bridgehead atoms. The molecule has 1 aromatic heterocycles. The summed E-state index contributed by atoms with van der Waals surface area (Å²) in [4.78, 5) is 0.734. The van der Waals surface area contributed by atoms with E-state index in [-0.39, 0.29) is 4.21 Å². The molecule has 126 valence electrons. The average molecular weight is 369 g/mol. The van der Waals surface area contributed by atoms with E-state index in [4.69, 9.17) is 0 Å². The van der Waals surface area contributed by atoms with Gasteiger partial charge in [0.25, 0.3) is 10.0 Å². The minimum absolute atomic E-state index is 0.0407. The van der Waals surface area contributed by atoms with Gasteiger partial charge in [0.2, 0.25) is 0 Å². The fourth-order valence-electron chi connectivity index (χ4n) is 1.62. The van der Waals surface area contributed by atoms with Crippen LogP contribution in [0.3, 0.4) is 0 Å². The molecule has 10 heteroatoms. The molecule has 0 saturated carbocycles. The molecule has 23 heavy (non-hydrogen) atoms. The van der Waals surface area contributed by atoms with E-state index in [0.29, 0.717) is 0 Å². The summed E-state index contributed by atoms with van der Waals surface area (Å²) < 4.78 is 80.8. The zero-order chi connectivity index (χ0) is 17.3. The van der Waals surface area contributed by atoms with Gasteiger partial charge in [0.1, 0.15) is 15.8 Å². The summed E-state index contributed by atoms with van der Waals surface area (Å²) in [5, 5.41) is 0. The van der Waals surface area contributed by atoms with Gasteiger partial charge in [-0.05, 0) is 31.2 Å². The van der Waals surface area contributed by atoms with Gasteiger partial charge in [0.05, 0.1) is 5.69 Å². The smallest absolute Gasteiger partial charge is 0.422 e. The number of nitrogens with one attached hydrogen (secondary N) is 1. The van der Waals surface area contributed by atoms with E-state index in [2.05, 4.69) is 4.74 Å². The van der Waals surface area contributed by atoms with E-state index in [0.717, 1.165) is 34.4 Å². The lowest BCUT2D eigenvalue weighted by atomic mass is 10.3. The van der Waals surface area contributed by atoms with E-state index >= 15 is 0 Å². The summed E-state index contributed by atoms with van der Waals surface area (Å²) in [5.41, 5.74) is -0.402. The molecule has 2 aromatic rings. The van der Waals surface area contributed by atoms with Gasteiger partial charge in [-0.1, -0.05) is 0 Å².